The largest absolute Gasteiger partial charge is 0.416 e. The molecule has 204 valence electrons. The van der Waals surface area contributed by atoms with Crippen molar-refractivity contribution >= 4 is 63.3 Å². The van der Waals surface area contributed by atoms with Crippen LogP contribution in [-0.2, 0) is 22.2 Å². The van der Waals surface area contributed by atoms with Gasteiger partial charge in [0.15, 0.2) is 5.17 Å². The van der Waals surface area contributed by atoms with Crippen LogP contribution < -0.4 is 5.32 Å². The first kappa shape index (κ1) is 29.0. The summed E-state index contributed by atoms with van der Waals surface area (Å²) in [5.41, 5.74) is 2.56. The highest BCUT2D eigenvalue weighted by Gasteiger charge is 2.39. The summed E-state index contributed by atoms with van der Waals surface area (Å²) in [5.74, 6) is -0.887. The molecule has 1 fully saturated rings. The first-order valence-electron chi connectivity index (χ1n) is 12.0. The summed E-state index contributed by atoms with van der Waals surface area (Å²) in [6.07, 6.45) is -4.34. The Kier molecular flexibility index (Phi) is 8.93. The Labute approximate surface area is 238 Å². The minimum absolute atomic E-state index is 0.00350. The number of nitrogens with zero attached hydrogens (tertiary/aromatic N) is 2. The highest BCUT2D eigenvalue weighted by molar-refractivity contribution is 8.15. The zero-order valence-electron chi connectivity index (χ0n) is 21.0. The zero-order valence-corrected chi connectivity index (χ0v) is 23.3. The van der Waals surface area contributed by atoms with E-state index >= 15 is 0 Å². The highest BCUT2D eigenvalue weighted by Crippen LogP contribution is 2.34. The van der Waals surface area contributed by atoms with Gasteiger partial charge in [-0.25, -0.2) is 4.99 Å². The number of benzene rings is 3. The van der Waals surface area contributed by atoms with Gasteiger partial charge in [-0.1, -0.05) is 59.2 Å². The SMILES string of the molecule is Cc1ccc(C)c(N=C2SC(CC(=O)Nc3cccc(C(F)(F)F)c3)C(=O)N2CCc2ccc(Cl)cc2Cl)c1. The summed E-state index contributed by atoms with van der Waals surface area (Å²) in [6, 6.07) is 15.3. The summed E-state index contributed by atoms with van der Waals surface area (Å²) in [6.45, 7) is 4.12. The number of thioether (sulfide) groups is 1. The predicted molar refractivity (Wildman–Crippen MR) is 151 cm³/mol. The van der Waals surface area contributed by atoms with Crippen LogP contribution in [0.25, 0.3) is 0 Å². The van der Waals surface area contributed by atoms with Crippen LogP contribution in [0.4, 0.5) is 24.5 Å². The second kappa shape index (κ2) is 12.0. The van der Waals surface area contributed by atoms with Crippen molar-refractivity contribution in [3.05, 3.63) is 93.0 Å². The number of rotatable bonds is 7. The molecule has 1 aliphatic rings. The van der Waals surface area contributed by atoms with Crippen LogP contribution in [0.5, 0.6) is 0 Å². The maximum atomic E-state index is 13.4. The van der Waals surface area contributed by atoms with Gasteiger partial charge in [-0.05, 0) is 73.4 Å². The number of halogens is 5. The zero-order chi connectivity index (χ0) is 28.3. The van der Waals surface area contributed by atoms with Crippen molar-refractivity contribution in [2.75, 3.05) is 11.9 Å². The lowest BCUT2D eigenvalue weighted by molar-refractivity contribution is -0.137. The van der Waals surface area contributed by atoms with E-state index in [4.69, 9.17) is 28.2 Å². The van der Waals surface area contributed by atoms with E-state index in [1.807, 2.05) is 32.0 Å². The number of aryl methyl sites for hydroxylation is 2. The highest BCUT2D eigenvalue weighted by atomic mass is 35.5. The molecule has 39 heavy (non-hydrogen) atoms. The lowest BCUT2D eigenvalue weighted by atomic mass is 10.1. The van der Waals surface area contributed by atoms with E-state index in [-0.39, 0.29) is 24.6 Å². The summed E-state index contributed by atoms with van der Waals surface area (Å²) in [4.78, 5) is 32.5. The second-order valence-electron chi connectivity index (χ2n) is 9.10. The van der Waals surface area contributed by atoms with E-state index < -0.39 is 22.9 Å². The molecule has 0 aliphatic carbocycles. The number of aliphatic imine (C=N–C) groups is 1. The van der Waals surface area contributed by atoms with Crippen molar-refractivity contribution in [1.29, 1.82) is 0 Å². The van der Waals surface area contributed by atoms with E-state index in [1.165, 1.54) is 17.0 Å². The van der Waals surface area contributed by atoms with Crippen LogP contribution in [0.2, 0.25) is 10.0 Å². The fraction of sp³-hybridized carbons (Fsp3) is 0.250. The van der Waals surface area contributed by atoms with Gasteiger partial charge in [0.25, 0.3) is 0 Å². The molecule has 3 aromatic rings. The van der Waals surface area contributed by atoms with Gasteiger partial charge in [-0.3, -0.25) is 14.5 Å². The summed E-state index contributed by atoms with van der Waals surface area (Å²) in [5, 5.41) is 3.10. The van der Waals surface area contributed by atoms with Crippen molar-refractivity contribution in [3.63, 3.8) is 0 Å². The van der Waals surface area contributed by atoms with Gasteiger partial charge in [0.05, 0.1) is 11.3 Å². The number of carbonyl (C=O) groups is 2. The standard InChI is InChI=1S/C28H24Cl2F3N3O2S/c1-16-6-7-17(2)23(12-16)35-27-36(11-10-18-8-9-20(29)14-22(18)30)26(38)24(39-27)15-25(37)34-21-5-3-4-19(13-21)28(31,32)33/h3-9,12-14,24H,10-11,15H2,1-2H3,(H,34,37). The fourth-order valence-electron chi connectivity index (χ4n) is 3.98. The van der Waals surface area contributed by atoms with Gasteiger partial charge in [-0.15, -0.1) is 0 Å². The maximum Gasteiger partial charge on any atom is 0.416 e. The minimum atomic E-state index is -4.54. The molecule has 1 atom stereocenters. The van der Waals surface area contributed by atoms with Crippen LogP contribution in [0, 0.1) is 13.8 Å². The summed E-state index contributed by atoms with van der Waals surface area (Å²) >= 11 is 13.5. The Hall–Kier alpha value is -3.01. The minimum Gasteiger partial charge on any atom is -0.326 e. The van der Waals surface area contributed by atoms with E-state index in [2.05, 4.69) is 5.32 Å². The molecule has 0 aromatic heterocycles. The number of amidine groups is 1. The molecule has 2 amide bonds. The number of amides is 2. The summed E-state index contributed by atoms with van der Waals surface area (Å²) in [7, 11) is 0. The first-order chi connectivity index (χ1) is 18.4. The van der Waals surface area contributed by atoms with E-state index in [9.17, 15) is 22.8 Å². The number of alkyl halides is 3. The van der Waals surface area contributed by atoms with Gasteiger partial charge >= 0.3 is 6.18 Å². The Morgan fingerprint density at radius 3 is 2.56 bits per heavy atom. The van der Waals surface area contributed by atoms with Crippen molar-refractivity contribution in [1.82, 2.24) is 4.90 Å². The van der Waals surface area contributed by atoms with Crippen molar-refractivity contribution in [3.8, 4) is 0 Å². The molecule has 5 nitrogen and oxygen atoms in total. The predicted octanol–water partition coefficient (Wildman–Crippen LogP) is 7.83. The molecule has 1 aliphatic heterocycles. The number of anilines is 1. The third kappa shape index (κ3) is 7.35. The average molecular weight is 594 g/mol. The van der Waals surface area contributed by atoms with Gasteiger partial charge in [0.2, 0.25) is 11.8 Å². The normalized spacial score (nSPS) is 16.7. The smallest absolute Gasteiger partial charge is 0.326 e. The number of nitrogens with one attached hydrogen (secondary N) is 1. The second-order valence-corrected chi connectivity index (χ2v) is 11.1. The van der Waals surface area contributed by atoms with Crippen LogP contribution in [-0.4, -0.2) is 33.7 Å². The van der Waals surface area contributed by atoms with Crippen molar-refractivity contribution in [2.45, 2.75) is 38.1 Å². The Balaban J connectivity index is 1.55. The van der Waals surface area contributed by atoms with Crippen LogP contribution in [0.3, 0.4) is 0 Å². The Morgan fingerprint density at radius 2 is 1.85 bits per heavy atom. The van der Waals surface area contributed by atoms with Gasteiger partial charge in [-0.2, -0.15) is 13.2 Å². The fourth-order valence-corrected chi connectivity index (χ4v) is 5.66. The molecular weight excluding hydrogens is 570 g/mol. The van der Waals surface area contributed by atoms with Crippen molar-refractivity contribution < 1.29 is 22.8 Å². The van der Waals surface area contributed by atoms with Crippen LogP contribution >= 0.6 is 35.0 Å². The van der Waals surface area contributed by atoms with Crippen LogP contribution in [0.15, 0.2) is 65.7 Å². The lowest BCUT2D eigenvalue weighted by Crippen LogP contribution is -2.35. The Morgan fingerprint density at radius 1 is 1.08 bits per heavy atom. The molecule has 0 radical (unpaired) electrons. The summed E-state index contributed by atoms with van der Waals surface area (Å²) < 4.78 is 39.1. The third-order valence-corrected chi connectivity index (χ3v) is 7.83. The number of hydrogen-bond acceptors (Lipinski definition) is 4. The molecule has 0 bridgehead atoms. The molecule has 1 heterocycles. The quantitative estimate of drug-likeness (QED) is 0.303. The van der Waals surface area contributed by atoms with Crippen LogP contribution in [0.1, 0.15) is 28.7 Å². The molecule has 3 aromatic carbocycles. The van der Waals surface area contributed by atoms with E-state index in [0.29, 0.717) is 27.3 Å². The molecule has 1 saturated heterocycles. The monoisotopic (exact) mass is 593 g/mol. The Bertz CT molecular complexity index is 1450. The first-order valence-corrected chi connectivity index (χ1v) is 13.6. The molecule has 0 saturated carbocycles. The molecular formula is C28H24Cl2F3N3O2S. The molecule has 11 heteroatoms. The molecule has 4 rings (SSSR count). The lowest BCUT2D eigenvalue weighted by Gasteiger charge is -2.17. The van der Waals surface area contributed by atoms with E-state index in [0.717, 1.165) is 40.6 Å². The van der Waals surface area contributed by atoms with Gasteiger partial charge < -0.3 is 5.32 Å². The number of hydrogen-bond donors (Lipinski definition) is 1. The maximum absolute atomic E-state index is 13.4. The van der Waals surface area contributed by atoms with Gasteiger partial charge in [0.1, 0.15) is 5.25 Å². The molecule has 1 N–H and O–H groups in total. The van der Waals surface area contributed by atoms with Crippen molar-refractivity contribution in [2.24, 2.45) is 4.99 Å². The molecule has 0 spiro atoms. The number of carbonyl (C=O) groups excluding carboxylic acids is 2. The average Bonchev–Trinajstić information content (AvgIpc) is 3.14. The molecule has 1 unspecified atom stereocenters. The topological polar surface area (TPSA) is 61.8 Å². The van der Waals surface area contributed by atoms with Gasteiger partial charge in [0, 0.05) is 28.7 Å². The van der Waals surface area contributed by atoms with E-state index in [1.54, 1.807) is 18.2 Å². The third-order valence-electron chi connectivity index (χ3n) is 6.07.